The molecule has 0 saturated heterocycles. The highest BCUT2D eigenvalue weighted by molar-refractivity contribution is 5.50. The minimum Gasteiger partial charge on any atom is -0.142 e. The average Bonchev–Trinajstić information content (AvgIpc) is 2.33. The van der Waals surface area contributed by atoms with Crippen molar-refractivity contribution in [2.45, 2.75) is 0 Å². The van der Waals surface area contributed by atoms with Crippen molar-refractivity contribution in [1.82, 2.24) is 5.28 Å². The molecule has 1 aromatic carbocycles. The molecular weight excluding hydrogens is 116 g/mol. The molecule has 3 heteroatoms. The quantitative estimate of drug-likeness (QED) is 0.505. The lowest BCUT2D eigenvalue weighted by atomic mass is 10.3. The molecule has 0 fully saturated rings. The molecule has 2 rings (SSSR count). The van der Waals surface area contributed by atoms with E-state index in [4.69, 9.17) is 4.84 Å². The fourth-order valence-electron chi connectivity index (χ4n) is 0.670. The van der Waals surface area contributed by atoms with E-state index in [1.165, 1.54) is 0 Å². The van der Waals surface area contributed by atoms with E-state index in [1.807, 2.05) is 12.1 Å². The standard InChI is InChI=1S/C6H3N2O/c1-2-4-6-5(3-1)7-8-9-6/h1-3H/q+1. The maximum atomic E-state index is 4.70. The second-order valence-electron chi connectivity index (χ2n) is 1.66. The number of nitrogens with zero attached hydrogens (tertiary/aromatic N) is 2. The van der Waals surface area contributed by atoms with Gasteiger partial charge >= 0.3 is 5.28 Å². The number of para-hydroxylation sites is 1. The summed E-state index contributed by atoms with van der Waals surface area (Å²) in [5.74, 6) is 0.609. The average molecular weight is 119 g/mol. The third-order valence-electron chi connectivity index (χ3n) is 1.08. The molecule has 0 bridgehead atoms. The fourth-order valence-corrected chi connectivity index (χ4v) is 0.670. The third-order valence-corrected chi connectivity index (χ3v) is 1.08. The van der Waals surface area contributed by atoms with Gasteiger partial charge in [0, 0.05) is 6.07 Å². The van der Waals surface area contributed by atoms with Crippen LogP contribution in [0.25, 0.3) is 0 Å². The highest BCUT2D eigenvalue weighted by Gasteiger charge is 2.19. The molecule has 1 aliphatic heterocycles. The van der Waals surface area contributed by atoms with E-state index < -0.39 is 0 Å². The summed E-state index contributed by atoms with van der Waals surface area (Å²) >= 11 is 0. The lowest BCUT2D eigenvalue weighted by molar-refractivity contribution is 0.270. The number of hydrogen-bond acceptors (Lipinski definition) is 3. The van der Waals surface area contributed by atoms with Crippen LogP contribution < -0.4 is 10.1 Å². The van der Waals surface area contributed by atoms with E-state index in [0.717, 1.165) is 5.69 Å². The number of hydrogen-bond donors (Lipinski definition) is 0. The van der Waals surface area contributed by atoms with Gasteiger partial charge in [0.15, 0.2) is 5.69 Å². The summed E-state index contributed by atoms with van der Waals surface area (Å²) in [5, 5.41) is 7.02. The van der Waals surface area contributed by atoms with Crippen molar-refractivity contribution < 1.29 is 4.84 Å². The van der Waals surface area contributed by atoms with Gasteiger partial charge in [-0.15, -0.1) is 4.84 Å². The highest BCUT2D eigenvalue weighted by atomic mass is 16.7. The zero-order valence-corrected chi connectivity index (χ0v) is 4.53. The van der Waals surface area contributed by atoms with Gasteiger partial charge in [-0.3, -0.25) is 0 Å². The highest BCUT2D eigenvalue weighted by Crippen LogP contribution is 2.27. The minimum absolute atomic E-state index is 0.609. The van der Waals surface area contributed by atoms with Crippen LogP contribution in [-0.4, -0.2) is 0 Å². The largest absolute Gasteiger partial charge is 0.468 e. The van der Waals surface area contributed by atoms with Gasteiger partial charge in [-0.05, 0) is 6.07 Å². The second-order valence-corrected chi connectivity index (χ2v) is 1.66. The predicted molar refractivity (Wildman–Crippen MR) is 30.1 cm³/mol. The molecule has 0 aromatic heterocycles. The first-order chi connectivity index (χ1) is 4.47. The van der Waals surface area contributed by atoms with Crippen LogP contribution in [0.15, 0.2) is 23.3 Å². The van der Waals surface area contributed by atoms with Crippen LogP contribution in [0.1, 0.15) is 0 Å². The Labute approximate surface area is 51.9 Å². The van der Waals surface area contributed by atoms with Gasteiger partial charge in [0.2, 0.25) is 0 Å². The van der Waals surface area contributed by atoms with Crippen molar-refractivity contribution in [2.75, 3.05) is 0 Å². The Morgan fingerprint density at radius 3 is 3.56 bits per heavy atom. The van der Waals surface area contributed by atoms with E-state index in [-0.39, 0.29) is 0 Å². The monoisotopic (exact) mass is 119 g/mol. The zero-order valence-electron chi connectivity index (χ0n) is 4.53. The number of benzene rings is 1. The summed E-state index contributed by atoms with van der Waals surface area (Å²) in [6, 6.07) is 8.26. The molecule has 0 atom stereocenters. The SMILES string of the molecule is [c]1cccc2c1O[N+]=N2. The van der Waals surface area contributed by atoms with E-state index >= 15 is 0 Å². The van der Waals surface area contributed by atoms with Gasteiger partial charge in [-0.1, -0.05) is 12.1 Å². The fraction of sp³-hybridized carbons (Fsp3) is 0. The first kappa shape index (κ1) is 4.49. The molecule has 0 amide bonds. The Kier molecular flexibility index (Phi) is 0.773. The van der Waals surface area contributed by atoms with Gasteiger partial charge in [0.05, 0.1) is 0 Å². The number of fused-ring (bicyclic) bond motifs is 1. The zero-order chi connectivity index (χ0) is 6.10. The van der Waals surface area contributed by atoms with Crippen molar-refractivity contribution in [1.29, 1.82) is 0 Å². The van der Waals surface area contributed by atoms with Crippen LogP contribution in [0.5, 0.6) is 5.75 Å². The molecule has 0 saturated carbocycles. The summed E-state index contributed by atoms with van der Waals surface area (Å²) in [5.41, 5.74) is 0.748. The molecule has 0 aliphatic carbocycles. The molecule has 42 valence electrons. The van der Waals surface area contributed by atoms with Gasteiger partial charge in [0.1, 0.15) is 5.11 Å². The first-order valence-electron chi connectivity index (χ1n) is 2.55. The molecule has 9 heavy (non-hydrogen) atoms. The Bertz CT molecular complexity index is 257. The lowest BCUT2D eigenvalue weighted by Crippen LogP contribution is -1.84. The van der Waals surface area contributed by atoms with Gasteiger partial charge < -0.3 is 0 Å². The summed E-state index contributed by atoms with van der Waals surface area (Å²) in [6.45, 7) is 0. The molecule has 1 heterocycles. The Balaban J connectivity index is 2.63. The van der Waals surface area contributed by atoms with Crippen LogP contribution in [0.4, 0.5) is 5.69 Å². The van der Waals surface area contributed by atoms with E-state index in [1.54, 1.807) is 6.07 Å². The molecule has 1 aliphatic rings. The van der Waals surface area contributed by atoms with Crippen molar-refractivity contribution >= 4 is 5.69 Å². The molecule has 0 N–H and O–H groups in total. The first-order valence-corrected chi connectivity index (χ1v) is 2.55. The summed E-state index contributed by atoms with van der Waals surface area (Å²) in [7, 11) is 0. The molecule has 0 unspecified atom stereocenters. The van der Waals surface area contributed by atoms with Crippen LogP contribution >= 0.6 is 0 Å². The van der Waals surface area contributed by atoms with Crippen molar-refractivity contribution in [3.63, 3.8) is 0 Å². The smallest absolute Gasteiger partial charge is 0.142 e. The van der Waals surface area contributed by atoms with Crippen molar-refractivity contribution in [2.24, 2.45) is 5.11 Å². The molecule has 2 radical (unpaired) electrons. The Morgan fingerprint density at radius 2 is 2.67 bits per heavy atom. The van der Waals surface area contributed by atoms with Crippen LogP contribution in [0.2, 0.25) is 0 Å². The summed E-state index contributed by atoms with van der Waals surface area (Å²) in [6.07, 6.45) is 0. The van der Waals surface area contributed by atoms with E-state index in [2.05, 4.69) is 16.5 Å². The lowest BCUT2D eigenvalue weighted by Gasteiger charge is -1.79. The van der Waals surface area contributed by atoms with Gasteiger partial charge in [0.25, 0.3) is 5.75 Å². The summed E-state index contributed by atoms with van der Waals surface area (Å²) in [4.78, 5) is 4.70. The van der Waals surface area contributed by atoms with Gasteiger partial charge in [-0.2, -0.15) is 0 Å². The number of rotatable bonds is 0. The molecule has 1 aromatic rings. The van der Waals surface area contributed by atoms with Crippen molar-refractivity contribution in [3.8, 4) is 5.75 Å². The van der Waals surface area contributed by atoms with Gasteiger partial charge in [-0.25, -0.2) is 0 Å². The van der Waals surface area contributed by atoms with Crippen LogP contribution in [0, 0.1) is 6.07 Å². The van der Waals surface area contributed by atoms with E-state index in [9.17, 15) is 0 Å². The van der Waals surface area contributed by atoms with E-state index in [0.29, 0.717) is 5.75 Å². The molecule has 3 nitrogen and oxygen atoms in total. The predicted octanol–water partition coefficient (Wildman–Crippen LogP) is 1.21. The molecule has 0 spiro atoms. The normalized spacial score (nSPS) is 12.9. The molecular formula is C6H3N2O+. The maximum absolute atomic E-state index is 4.70. The summed E-state index contributed by atoms with van der Waals surface area (Å²) < 4.78 is 0. The Hall–Kier alpha value is -1.38. The Morgan fingerprint density at radius 1 is 1.67 bits per heavy atom. The topological polar surface area (TPSA) is 35.7 Å². The third kappa shape index (κ3) is 0.579. The minimum atomic E-state index is 0.609. The van der Waals surface area contributed by atoms with Crippen molar-refractivity contribution in [3.05, 3.63) is 24.3 Å². The van der Waals surface area contributed by atoms with Crippen LogP contribution in [-0.2, 0) is 0 Å². The second kappa shape index (κ2) is 1.55. The van der Waals surface area contributed by atoms with Crippen LogP contribution in [0.3, 0.4) is 0 Å². The maximum Gasteiger partial charge on any atom is 0.468 e.